The summed E-state index contributed by atoms with van der Waals surface area (Å²) in [7, 11) is 0. The molecule has 5 heteroatoms. The van der Waals surface area contributed by atoms with Gasteiger partial charge in [0.2, 0.25) is 0 Å². The number of fused-ring (bicyclic) bond motifs is 1. The van der Waals surface area contributed by atoms with E-state index in [9.17, 15) is 4.79 Å². The second-order valence-electron chi connectivity index (χ2n) is 4.20. The maximum atomic E-state index is 11.8. The van der Waals surface area contributed by atoms with Gasteiger partial charge in [0.25, 0.3) is 0 Å². The van der Waals surface area contributed by atoms with Crippen LogP contribution < -0.4 is 0 Å². The fraction of sp³-hybridized carbons (Fsp3) is 0.231. The van der Waals surface area contributed by atoms with Gasteiger partial charge in [0, 0.05) is 16.5 Å². The first-order valence-corrected chi connectivity index (χ1v) is 7.62. The van der Waals surface area contributed by atoms with Crippen molar-refractivity contribution in [3.05, 3.63) is 38.3 Å². The number of ketones is 1. The molecule has 0 N–H and O–H groups in total. The average molecular weight is 343 g/mol. The molecule has 1 aromatic carbocycles. The number of hydrogen-bond acceptors (Lipinski definition) is 3. The summed E-state index contributed by atoms with van der Waals surface area (Å²) in [6.07, 6.45) is 2.44. The standard InChI is InChI=1S/C13H9BrClNOS/c14-7-4-5-8(9(15)6-7)13-16-10-2-1-3-11(17)12(10)18-13/h4-6H,1-3H2. The molecule has 0 amide bonds. The molecule has 0 atom stereocenters. The molecule has 3 rings (SSSR count). The normalized spacial score (nSPS) is 14.7. The molecular formula is C13H9BrClNOS. The first-order valence-electron chi connectivity index (χ1n) is 5.63. The van der Waals surface area contributed by atoms with Crippen molar-refractivity contribution in [3.63, 3.8) is 0 Å². The molecule has 0 unspecified atom stereocenters. The largest absolute Gasteiger partial charge is 0.293 e. The van der Waals surface area contributed by atoms with Gasteiger partial charge in [0.05, 0.1) is 15.6 Å². The van der Waals surface area contributed by atoms with E-state index in [0.717, 1.165) is 38.5 Å². The molecule has 1 aromatic heterocycles. The Labute approximate surface area is 122 Å². The summed E-state index contributed by atoms with van der Waals surface area (Å²) in [5.41, 5.74) is 1.83. The Hall–Kier alpha value is -0.710. The Morgan fingerprint density at radius 3 is 2.89 bits per heavy atom. The van der Waals surface area contributed by atoms with Crippen LogP contribution >= 0.6 is 38.9 Å². The van der Waals surface area contributed by atoms with Gasteiger partial charge in [-0.1, -0.05) is 27.5 Å². The van der Waals surface area contributed by atoms with Gasteiger partial charge in [-0.25, -0.2) is 4.98 Å². The summed E-state index contributed by atoms with van der Waals surface area (Å²) in [4.78, 5) is 17.2. The number of carbonyl (C=O) groups excluding carboxylic acids is 1. The average Bonchev–Trinajstić information content (AvgIpc) is 2.74. The zero-order valence-electron chi connectivity index (χ0n) is 9.37. The van der Waals surface area contributed by atoms with Gasteiger partial charge in [-0.3, -0.25) is 4.79 Å². The molecule has 0 fully saturated rings. The molecule has 18 heavy (non-hydrogen) atoms. The predicted molar refractivity (Wildman–Crippen MR) is 77.5 cm³/mol. The molecule has 0 saturated carbocycles. The summed E-state index contributed by atoms with van der Waals surface area (Å²) in [5.74, 6) is 0.216. The van der Waals surface area contributed by atoms with Crippen LogP contribution in [0, 0.1) is 0 Å². The van der Waals surface area contributed by atoms with Crippen molar-refractivity contribution < 1.29 is 4.79 Å². The second-order valence-corrected chi connectivity index (χ2v) is 6.52. The number of carbonyl (C=O) groups is 1. The lowest BCUT2D eigenvalue weighted by Crippen LogP contribution is -2.07. The quantitative estimate of drug-likeness (QED) is 0.749. The predicted octanol–water partition coefficient (Wildman–Crippen LogP) is 4.75. The van der Waals surface area contributed by atoms with E-state index in [1.54, 1.807) is 0 Å². The molecule has 0 spiro atoms. The number of halogens is 2. The maximum Gasteiger partial charge on any atom is 0.174 e. The molecule has 0 saturated heterocycles. The molecule has 2 nitrogen and oxygen atoms in total. The molecule has 1 aliphatic rings. The van der Waals surface area contributed by atoms with E-state index in [2.05, 4.69) is 20.9 Å². The van der Waals surface area contributed by atoms with Crippen LogP contribution in [0.15, 0.2) is 22.7 Å². The number of benzene rings is 1. The highest BCUT2D eigenvalue weighted by atomic mass is 79.9. The number of aryl methyl sites for hydroxylation is 1. The third-order valence-electron chi connectivity index (χ3n) is 2.93. The van der Waals surface area contributed by atoms with E-state index in [-0.39, 0.29) is 5.78 Å². The Morgan fingerprint density at radius 1 is 1.33 bits per heavy atom. The lowest BCUT2D eigenvalue weighted by atomic mass is 10.0. The number of nitrogens with zero attached hydrogens (tertiary/aromatic N) is 1. The van der Waals surface area contributed by atoms with Crippen LogP contribution in [-0.4, -0.2) is 10.8 Å². The highest BCUT2D eigenvalue weighted by Crippen LogP contribution is 2.36. The zero-order valence-corrected chi connectivity index (χ0v) is 12.5. The molecule has 0 aliphatic heterocycles. The van der Waals surface area contributed by atoms with Crippen LogP contribution in [0.1, 0.15) is 28.2 Å². The van der Waals surface area contributed by atoms with Crippen molar-refractivity contribution in [2.75, 3.05) is 0 Å². The number of aromatic nitrogens is 1. The lowest BCUT2D eigenvalue weighted by molar-refractivity contribution is 0.0976. The molecule has 92 valence electrons. The summed E-state index contributed by atoms with van der Waals surface area (Å²) in [5, 5.41) is 1.50. The van der Waals surface area contributed by atoms with Gasteiger partial charge in [-0.05, 0) is 31.0 Å². The minimum Gasteiger partial charge on any atom is -0.293 e. The minimum atomic E-state index is 0.216. The maximum absolute atomic E-state index is 11.8. The zero-order chi connectivity index (χ0) is 12.7. The molecule has 1 aliphatic carbocycles. The molecular weight excluding hydrogens is 334 g/mol. The third kappa shape index (κ3) is 2.13. The fourth-order valence-corrected chi connectivity index (χ4v) is 3.98. The molecule has 0 bridgehead atoms. The Morgan fingerprint density at radius 2 is 2.17 bits per heavy atom. The van der Waals surface area contributed by atoms with Crippen LogP contribution in [0.2, 0.25) is 5.02 Å². The van der Waals surface area contributed by atoms with Gasteiger partial charge in [-0.2, -0.15) is 0 Å². The van der Waals surface area contributed by atoms with Crippen molar-refractivity contribution in [2.24, 2.45) is 0 Å². The summed E-state index contributed by atoms with van der Waals surface area (Å²) in [6.45, 7) is 0. The van der Waals surface area contributed by atoms with E-state index in [4.69, 9.17) is 11.6 Å². The number of hydrogen-bond donors (Lipinski definition) is 0. The first kappa shape index (κ1) is 12.3. The number of rotatable bonds is 1. The Kier molecular flexibility index (Phi) is 3.26. The van der Waals surface area contributed by atoms with E-state index >= 15 is 0 Å². The van der Waals surface area contributed by atoms with Crippen LogP contribution in [0.4, 0.5) is 0 Å². The van der Waals surface area contributed by atoms with E-state index < -0.39 is 0 Å². The Balaban J connectivity index is 2.10. The minimum absolute atomic E-state index is 0.216. The van der Waals surface area contributed by atoms with Crippen LogP contribution in [0.5, 0.6) is 0 Å². The number of thiazole rings is 1. The molecule has 1 heterocycles. The first-order chi connectivity index (χ1) is 8.65. The van der Waals surface area contributed by atoms with Gasteiger partial charge in [-0.15, -0.1) is 11.3 Å². The Bertz CT molecular complexity index is 638. The lowest BCUT2D eigenvalue weighted by Gasteiger charge is -2.06. The highest BCUT2D eigenvalue weighted by Gasteiger charge is 2.23. The SMILES string of the molecule is O=C1CCCc2nc(-c3ccc(Br)cc3Cl)sc21. The van der Waals surface area contributed by atoms with E-state index in [1.165, 1.54) is 11.3 Å². The van der Waals surface area contributed by atoms with Crippen LogP contribution in [0.25, 0.3) is 10.6 Å². The van der Waals surface area contributed by atoms with E-state index in [0.29, 0.717) is 11.4 Å². The van der Waals surface area contributed by atoms with Crippen molar-refractivity contribution in [1.82, 2.24) is 4.98 Å². The van der Waals surface area contributed by atoms with Gasteiger partial charge in [0.15, 0.2) is 5.78 Å². The summed E-state index contributed by atoms with van der Waals surface area (Å²) >= 11 is 11.1. The van der Waals surface area contributed by atoms with Gasteiger partial charge < -0.3 is 0 Å². The fourth-order valence-electron chi connectivity index (χ4n) is 2.05. The van der Waals surface area contributed by atoms with Crippen LogP contribution in [-0.2, 0) is 6.42 Å². The summed E-state index contributed by atoms with van der Waals surface area (Å²) < 4.78 is 0.939. The van der Waals surface area contributed by atoms with Crippen molar-refractivity contribution in [3.8, 4) is 10.6 Å². The van der Waals surface area contributed by atoms with Gasteiger partial charge >= 0.3 is 0 Å². The second kappa shape index (κ2) is 4.76. The van der Waals surface area contributed by atoms with Crippen molar-refractivity contribution >= 4 is 44.7 Å². The smallest absolute Gasteiger partial charge is 0.174 e. The third-order valence-corrected chi connectivity index (χ3v) is 4.91. The topological polar surface area (TPSA) is 30.0 Å². The van der Waals surface area contributed by atoms with Gasteiger partial charge in [0.1, 0.15) is 5.01 Å². The van der Waals surface area contributed by atoms with Crippen LogP contribution in [0.3, 0.4) is 0 Å². The van der Waals surface area contributed by atoms with Crippen molar-refractivity contribution in [2.45, 2.75) is 19.3 Å². The number of Topliss-reactive ketones (excluding diaryl/α,β-unsaturated/α-hetero) is 1. The molecule has 0 radical (unpaired) electrons. The highest BCUT2D eigenvalue weighted by molar-refractivity contribution is 9.10. The summed E-state index contributed by atoms with van der Waals surface area (Å²) in [6, 6.07) is 5.71. The monoisotopic (exact) mass is 341 g/mol. The van der Waals surface area contributed by atoms with E-state index in [1.807, 2.05) is 18.2 Å². The van der Waals surface area contributed by atoms with Crippen molar-refractivity contribution in [1.29, 1.82) is 0 Å². The molecule has 2 aromatic rings.